The van der Waals surface area contributed by atoms with Gasteiger partial charge in [-0.15, -0.1) is 0 Å². The van der Waals surface area contributed by atoms with E-state index in [4.69, 9.17) is 9.47 Å². The van der Waals surface area contributed by atoms with Gasteiger partial charge in [0, 0.05) is 38.7 Å². The van der Waals surface area contributed by atoms with Crippen molar-refractivity contribution < 1.29 is 19.4 Å². The highest BCUT2D eigenvalue weighted by Gasteiger charge is 2.37. The molecule has 0 bridgehead atoms. The normalized spacial score (nSPS) is 25.3. The molecular formula is C16H22N2O4. The fourth-order valence-electron chi connectivity index (χ4n) is 3.30. The number of nitrogens with zero attached hydrogens (tertiary/aromatic N) is 2. The fraction of sp³-hybridized carbons (Fsp3) is 0.562. The summed E-state index contributed by atoms with van der Waals surface area (Å²) in [6.45, 7) is 4.73. The van der Waals surface area contributed by atoms with Crippen LogP contribution in [0, 0.1) is 0 Å². The third-order valence-electron chi connectivity index (χ3n) is 4.46. The van der Waals surface area contributed by atoms with Crippen LogP contribution in [0.25, 0.3) is 0 Å². The predicted octanol–water partition coefficient (Wildman–Crippen LogP) is 0.654. The van der Waals surface area contributed by atoms with Crippen LogP contribution in [0.15, 0.2) is 18.2 Å². The molecule has 2 atom stereocenters. The first kappa shape index (κ1) is 15.1. The maximum Gasteiger partial charge on any atom is 0.219 e. The maximum atomic E-state index is 11.4. The minimum atomic E-state index is -0.580. The highest BCUT2D eigenvalue weighted by Crippen LogP contribution is 2.42. The van der Waals surface area contributed by atoms with Crippen molar-refractivity contribution in [3.8, 4) is 11.5 Å². The Bertz CT molecular complexity index is 555. The minimum Gasteiger partial charge on any atom is -0.493 e. The number of carbonyl (C=O) groups excluding carboxylic acids is 1. The number of carbonyl (C=O) groups is 1. The number of ether oxygens (including phenoxy) is 2. The van der Waals surface area contributed by atoms with Gasteiger partial charge < -0.3 is 19.5 Å². The van der Waals surface area contributed by atoms with Gasteiger partial charge in [-0.2, -0.15) is 0 Å². The van der Waals surface area contributed by atoms with E-state index in [1.807, 2.05) is 23.1 Å². The fourth-order valence-corrected chi connectivity index (χ4v) is 3.30. The van der Waals surface area contributed by atoms with Crippen molar-refractivity contribution in [2.75, 3.05) is 39.9 Å². The second-order valence-corrected chi connectivity index (χ2v) is 5.74. The molecule has 1 saturated heterocycles. The monoisotopic (exact) mass is 306 g/mol. The number of hydrogen-bond donors (Lipinski definition) is 1. The molecule has 1 aromatic carbocycles. The number of hydrogen-bond acceptors (Lipinski definition) is 5. The van der Waals surface area contributed by atoms with Gasteiger partial charge in [-0.3, -0.25) is 9.69 Å². The lowest BCUT2D eigenvalue weighted by Gasteiger charge is -2.43. The van der Waals surface area contributed by atoms with Crippen molar-refractivity contribution in [3.63, 3.8) is 0 Å². The summed E-state index contributed by atoms with van der Waals surface area (Å²) in [5.41, 5.74) is 0.953. The molecule has 6 heteroatoms. The Morgan fingerprint density at radius 3 is 2.68 bits per heavy atom. The number of aliphatic hydroxyl groups is 1. The number of aliphatic hydroxyl groups excluding tert-OH is 1. The van der Waals surface area contributed by atoms with Crippen molar-refractivity contribution in [1.82, 2.24) is 9.80 Å². The molecule has 2 heterocycles. The molecular weight excluding hydrogens is 284 g/mol. The zero-order valence-corrected chi connectivity index (χ0v) is 13.0. The molecule has 2 unspecified atom stereocenters. The van der Waals surface area contributed by atoms with Gasteiger partial charge in [0.25, 0.3) is 0 Å². The van der Waals surface area contributed by atoms with E-state index in [1.54, 1.807) is 14.0 Å². The van der Waals surface area contributed by atoms with E-state index in [9.17, 15) is 9.90 Å². The van der Waals surface area contributed by atoms with Gasteiger partial charge in [-0.25, -0.2) is 0 Å². The molecule has 3 rings (SSSR count). The molecule has 0 aromatic heterocycles. The van der Waals surface area contributed by atoms with Gasteiger partial charge in [0.2, 0.25) is 5.91 Å². The zero-order chi connectivity index (χ0) is 15.7. The molecule has 0 saturated carbocycles. The lowest BCUT2D eigenvalue weighted by Crippen LogP contribution is -2.52. The van der Waals surface area contributed by atoms with Crippen LogP contribution in [-0.4, -0.2) is 66.8 Å². The quantitative estimate of drug-likeness (QED) is 0.869. The summed E-state index contributed by atoms with van der Waals surface area (Å²) in [6.07, 6.45) is -0.580. The Morgan fingerprint density at radius 2 is 2.05 bits per heavy atom. The molecule has 1 N–H and O–H groups in total. The standard InChI is InChI=1S/C16H22N2O4/c1-11(19)17-6-8-18(9-7-17)15-12-4-3-5-14(21-2)16(12)22-10-13(15)20/h3-5,13,15,20H,6-10H2,1-2H3. The van der Waals surface area contributed by atoms with Gasteiger partial charge in [0.15, 0.2) is 11.5 Å². The number of fused-ring (bicyclic) bond motifs is 1. The van der Waals surface area contributed by atoms with Crippen LogP contribution in [0.5, 0.6) is 11.5 Å². The summed E-state index contributed by atoms with van der Waals surface area (Å²) >= 11 is 0. The Labute approximate surface area is 130 Å². The van der Waals surface area contributed by atoms with Crippen LogP contribution in [-0.2, 0) is 4.79 Å². The predicted molar refractivity (Wildman–Crippen MR) is 81.1 cm³/mol. The number of amides is 1. The van der Waals surface area contributed by atoms with E-state index < -0.39 is 6.10 Å². The Hall–Kier alpha value is -1.79. The Morgan fingerprint density at radius 1 is 1.32 bits per heavy atom. The first-order chi connectivity index (χ1) is 10.6. The van der Waals surface area contributed by atoms with Gasteiger partial charge in [-0.05, 0) is 6.07 Å². The molecule has 2 aliphatic heterocycles. The van der Waals surface area contributed by atoms with E-state index in [0.717, 1.165) is 18.7 Å². The van der Waals surface area contributed by atoms with Gasteiger partial charge in [0.1, 0.15) is 12.7 Å². The Balaban J connectivity index is 1.84. The van der Waals surface area contributed by atoms with Gasteiger partial charge in [-0.1, -0.05) is 12.1 Å². The van der Waals surface area contributed by atoms with E-state index in [2.05, 4.69) is 4.90 Å². The summed E-state index contributed by atoms with van der Waals surface area (Å²) in [7, 11) is 1.62. The molecule has 1 fully saturated rings. The first-order valence-electron chi connectivity index (χ1n) is 7.59. The summed E-state index contributed by atoms with van der Waals surface area (Å²) in [5, 5.41) is 10.4. The van der Waals surface area contributed by atoms with Crippen molar-refractivity contribution in [3.05, 3.63) is 23.8 Å². The van der Waals surface area contributed by atoms with E-state index in [1.165, 1.54) is 0 Å². The van der Waals surface area contributed by atoms with Crippen LogP contribution in [0.4, 0.5) is 0 Å². The van der Waals surface area contributed by atoms with Crippen LogP contribution in [0.3, 0.4) is 0 Å². The molecule has 2 aliphatic rings. The first-order valence-corrected chi connectivity index (χ1v) is 7.59. The van der Waals surface area contributed by atoms with Crippen molar-refractivity contribution in [2.24, 2.45) is 0 Å². The summed E-state index contributed by atoms with van der Waals surface area (Å²) in [4.78, 5) is 15.5. The summed E-state index contributed by atoms with van der Waals surface area (Å²) in [5.74, 6) is 1.51. The molecule has 22 heavy (non-hydrogen) atoms. The van der Waals surface area contributed by atoms with E-state index in [0.29, 0.717) is 24.6 Å². The number of piperazine rings is 1. The van der Waals surface area contributed by atoms with Crippen LogP contribution < -0.4 is 9.47 Å². The van der Waals surface area contributed by atoms with Crippen LogP contribution >= 0.6 is 0 Å². The maximum absolute atomic E-state index is 11.4. The number of benzene rings is 1. The molecule has 0 aliphatic carbocycles. The minimum absolute atomic E-state index is 0.106. The summed E-state index contributed by atoms with van der Waals surface area (Å²) < 4.78 is 11.0. The van der Waals surface area contributed by atoms with Crippen molar-refractivity contribution in [2.45, 2.75) is 19.1 Å². The van der Waals surface area contributed by atoms with Gasteiger partial charge >= 0.3 is 0 Å². The third-order valence-corrected chi connectivity index (χ3v) is 4.46. The zero-order valence-electron chi connectivity index (χ0n) is 13.0. The molecule has 0 radical (unpaired) electrons. The number of methoxy groups -OCH3 is 1. The molecule has 6 nitrogen and oxygen atoms in total. The Kier molecular flexibility index (Phi) is 4.22. The highest BCUT2D eigenvalue weighted by molar-refractivity contribution is 5.73. The topological polar surface area (TPSA) is 62.2 Å². The average Bonchev–Trinajstić information content (AvgIpc) is 2.54. The third kappa shape index (κ3) is 2.64. The highest BCUT2D eigenvalue weighted by atomic mass is 16.5. The van der Waals surface area contributed by atoms with Crippen LogP contribution in [0.1, 0.15) is 18.5 Å². The second kappa shape index (κ2) is 6.14. The number of para-hydroxylation sites is 1. The average molecular weight is 306 g/mol. The van der Waals surface area contributed by atoms with Crippen molar-refractivity contribution >= 4 is 5.91 Å². The molecule has 1 amide bonds. The largest absolute Gasteiger partial charge is 0.493 e. The molecule has 0 spiro atoms. The lowest BCUT2D eigenvalue weighted by atomic mass is 9.95. The summed E-state index contributed by atoms with van der Waals surface area (Å²) in [6, 6.07) is 5.63. The number of rotatable bonds is 2. The molecule has 120 valence electrons. The molecule has 1 aromatic rings. The lowest BCUT2D eigenvalue weighted by molar-refractivity contribution is -0.131. The van der Waals surface area contributed by atoms with Crippen molar-refractivity contribution in [1.29, 1.82) is 0 Å². The SMILES string of the molecule is COc1cccc2c1OCC(O)C2N1CCN(C(C)=O)CC1. The van der Waals surface area contributed by atoms with E-state index >= 15 is 0 Å². The van der Waals surface area contributed by atoms with Crippen LogP contribution in [0.2, 0.25) is 0 Å². The van der Waals surface area contributed by atoms with E-state index in [-0.39, 0.29) is 18.6 Å². The second-order valence-electron chi connectivity index (χ2n) is 5.74. The van der Waals surface area contributed by atoms with Gasteiger partial charge in [0.05, 0.1) is 13.2 Å². The smallest absolute Gasteiger partial charge is 0.219 e.